The van der Waals surface area contributed by atoms with Crippen LogP contribution < -0.4 is 5.32 Å². The van der Waals surface area contributed by atoms with Crippen LogP contribution in [0, 0.1) is 11.3 Å². The van der Waals surface area contributed by atoms with Gasteiger partial charge in [0.15, 0.2) is 0 Å². The molecule has 84 valence electrons. The third-order valence-corrected chi connectivity index (χ3v) is 2.83. The Hall–Kier alpha value is -0.0800. The largest absolute Gasteiger partial charge is 0.381 e. The molecule has 0 aromatic carbocycles. The van der Waals surface area contributed by atoms with Crippen molar-refractivity contribution in [2.24, 2.45) is 11.3 Å². The quantitative estimate of drug-likeness (QED) is 0.702. The zero-order valence-electron chi connectivity index (χ0n) is 9.94. The van der Waals surface area contributed by atoms with Gasteiger partial charge in [-0.3, -0.25) is 0 Å². The van der Waals surface area contributed by atoms with Crippen molar-refractivity contribution in [1.82, 2.24) is 5.32 Å². The van der Waals surface area contributed by atoms with Gasteiger partial charge in [0.05, 0.1) is 0 Å². The molecule has 2 nitrogen and oxygen atoms in total. The van der Waals surface area contributed by atoms with Crippen LogP contribution in [0.5, 0.6) is 0 Å². The van der Waals surface area contributed by atoms with Gasteiger partial charge in [0, 0.05) is 13.2 Å². The third kappa shape index (κ3) is 5.61. The Morgan fingerprint density at radius 3 is 2.43 bits per heavy atom. The molecule has 1 N–H and O–H groups in total. The normalized spacial score (nSPS) is 19.9. The summed E-state index contributed by atoms with van der Waals surface area (Å²) in [6.45, 7) is 11.1. The molecule has 0 atom stereocenters. The molecule has 0 aliphatic carbocycles. The molecule has 0 aromatic heterocycles. The molecule has 1 heterocycles. The van der Waals surface area contributed by atoms with Crippen molar-refractivity contribution in [3.63, 3.8) is 0 Å². The molecule has 0 saturated carbocycles. The van der Waals surface area contributed by atoms with Gasteiger partial charge in [0.2, 0.25) is 0 Å². The molecule has 14 heavy (non-hydrogen) atoms. The zero-order valence-corrected chi connectivity index (χ0v) is 9.94. The van der Waals surface area contributed by atoms with Crippen LogP contribution in [0.1, 0.15) is 40.0 Å². The van der Waals surface area contributed by atoms with Gasteiger partial charge in [-0.05, 0) is 43.7 Å². The molecule has 0 amide bonds. The van der Waals surface area contributed by atoms with Gasteiger partial charge in [0.1, 0.15) is 0 Å². The second-order valence-electron chi connectivity index (χ2n) is 5.57. The monoisotopic (exact) mass is 199 g/mol. The van der Waals surface area contributed by atoms with Crippen LogP contribution in [0.3, 0.4) is 0 Å². The van der Waals surface area contributed by atoms with Gasteiger partial charge < -0.3 is 10.1 Å². The van der Waals surface area contributed by atoms with Crippen LogP contribution in [0.4, 0.5) is 0 Å². The molecule has 1 saturated heterocycles. The molecule has 0 spiro atoms. The number of hydrogen-bond donors (Lipinski definition) is 1. The van der Waals surface area contributed by atoms with Crippen molar-refractivity contribution in [1.29, 1.82) is 0 Å². The lowest BCUT2D eigenvalue weighted by Gasteiger charge is -2.23. The standard InChI is InChI=1S/C12H25NO/c1-12(2,3)6-7-13-10-11-4-8-14-9-5-11/h11,13H,4-10H2,1-3H3. The van der Waals surface area contributed by atoms with Gasteiger partial charge in [-0.1, -0.05) is 20.8 Å². The molecule has 0 aromatic rings. The summed E-state index contributed by atoms with van der Waals surface area (Å²) in [5, 5.41) is 3.56. The number of hydrogen-bond acceptors (Lipinski definition) is 2. The maximum absolute atomic E-state index is 5.33. The molecule has 1 rings (SSSR count). The predicted octanol–water partition coefficient (Wildman–Crippen LogP) is 2.44. The van der Waals surface area contributed by atoms with E-state index in [1.54, 1.807) is 0 Å². The highest BCUT2D eigenvalue weighted by Gasteiger charge is 2.14. The maximum Gasteiger partial charge on any atom is 0.0469 e. The molecule has 1 aliphatic heterocycles. The van der Waals surface area contributed by atoms with Crippen LogP contribution in [-0.2, 0) is 4.74 Å². The first-order valence-electron chi connectivity index (χ1n) is 5.86. The van der Waals surface area contributed by atoms with E-state index in [0.29, 0.717) is 5.41 Å². The molecule has 1 fully saturated rings. The van der Waals surface area contributed by atoms with E-state index in [1.165, 1.54) is 25.8 Å². The number of rotatable bonds is 4. The van der Waals surface area contributed by atoms with Crippen molar-refractivity contribution in [2.75, 3.05) is 26.3 Å². The average Bonchev–Trinajstić information content (AvgIpc) is 2.13. The summed E-state index contributed by atoms with van der Waals surface area (Å²) in [6, 6.07) is 0. The van der Waals surface area contributed by atoms with E-state index in [9.17, 15) is 0 Å². The van der Waals surface area contributed by atoms with Crippen molar-refractivity contribution >= 4 is 0 Å². The topological polar surface area (TPSA) is 21.3 Å². The molecular weight excluding hydrogens is 174 g/mol. The Balaban J connectivity index is 1.97. The van der Waals surface area contributed by atoms with E-state index in [4.69, 9.17) is 4.74 Å². The molecule has 1 aliphatic rings. The summed E-state index contributed by atoms with van der Waals surface area (Å²) >= 11 is 0. The fourth-order valence-electron chi connectivity index (χ4n) is 1.72. The lowest BCUT2D eigenvalue weighted by Crippen LogP contribution is -2.29. The minimum Gasteiger partial charge on any atom is -0.381 e. The predicted molar refractivity (Wildman–Crippen MR) is 60.5 cm³/mol. The Labute approximate surface area is 88.4 Å². The van der Waals surface area contributed by atoms with Crippen LogP contribution in [0.25, 0.3) is 0 Å². The van der Waals surface area contributed by atoms with Crippen molar-refractivity contribution in [2.45, 2.75) is 40.0 Å². The first kappa shape index (κ1) is 12.0. The van der Waals surface area contributed by atoms with Crippen molar-refractivity contribution in [3.05, 3.63) is 0 Å². The first-order valence-corrected chi connectivity index (χ1v) is 5.86. The summed E-state index contributed by atoms with van der Waals surface area (Å²) < 4.78 is 5.33. The second kappa shape index (κ2) is 5.72. The minimum atomic E-state index is 0.461. The van der Waals surface area contributed by atoms with E-state index in [0.717, 1.165) is 25.7 Å². The van der Waals surface area contributed by atoms with Crippen LogP contribution in [0.2, 0.25) is 0 Å². The second-order valence-corrected chi connectivity index (χ2v) is 5.57. The van der Waals surface area contributed by atoms with E-state index >= 15 is 0 Å². The third-order valence-electron chi connectivity index (χ3n) is 2.83. The molecule has 0 bridgehead atoms. The molecular formula is C12H25NO. The highest BCUT2D eigenvalue weighted by Crippen LogP contribution is 2.17. The van der Waals surface area contributed by atoms with E-state index in [-0.39, 0.29) is 0 Å². The van der Waals surface area contributed by atoms with Crippen LogP contribution in [-0.4, -0.2) is 26.3 Å². The average molecular weight is 199 g/mol. The summed E-state index contributed by atoms with van der Waals surface area (Å²) in [5.74, 6) is 0.851. The summed E-state index contributed by atoms with van der Waals surface area (Å²) in [5.41, 5.74) is 0.461. The Morgan fingerprint density at radius 2 is 1.86 bits per heavy atom. The maximum atomic E-state index is 5.33. The fourth-order valence-corrected chi connectivity index (χ4v) is 1.72. The summed E-state index contributed by atoms with van der Waals surface area (Å²) in [7, 11) is 0. The van der Waals surface area contributed by atoms with Crippen LogP contribution in [0.15, 0.2) is 0 Å². The Kier molecular flexibility index (Phi) is 4.90. The fraction of sp³-hybridized carbons (Fsp3) is 1.00. The van der Waals surface area contributed by atoms with E-state index < -0.39 is 0 Å². The van der Waals surface area contributed by atoms with Crippen molar-refractivity contribution < 1.29 is 4.74 Å². The zero-order chi connectivity index (χ0) is 10.4. The van der Waals surface area contributed by atoms with E-state index in [1.807, 2.05) is 0 Å². The van der Waals surface area contributed by atoms with Gasteiger partial charge >= 0.3 is 0 Å². The highest BCUT2D eigenvalue weighted by molar-refractivity contribution is 4.68. The first-order chi connectivity index (χ1) is 6.58. The van der Waals surface area contributed by atoms with Gasteiger partial charge in [-0.15, -0.1) is 0 Å². The van der Waals surface area contributed by atoms with E-state index in [2.05, 4.69) is 26.1 Å². The highest BCUT2D eigenvalue weighted by atomic mass is 16.5. The minimum absolute atomic E-state index is 0.461. The summed E-state index contributed by atoms with van der Waals surface area (Å²) in [6.07, 6.45) is 3.74. The number of nitrogens with one attached hydrogen (secondary N) is 1. The molecule has 2 heteroatoms. The van der Waals surface area contributed by atoms with Crippen molar-refractivity contribution in [3.8, 4) is 0 Å². The lowest BCUT2D eigenvalue weighted by molar-refractivity contribution is 0.0661. The number of ether oxygens (including phenoxy) is 1. The summed E-state index contributed by atoms with van der Waals surface area (Å²) in [4.78, 5) is 0. The van der Waals surface area contributed by atoms with Gasteiger partial charge in [-0.25, -0.2) is 0 Å². The lowest BCUT2D eigenvalue weighted by atomic mass is 9.92. The molecule has 0 unspecified atom stereocenters. The molecule has 0 radical (unpaired) electrons. The SMILES string of the molecule is CC(C)(C)CCNCC1CCOCC1. The Bertz CT molecular complexity index is 145. The van der Waals surface area contributed by atoms with Crippen LogP contribution >= 0.6 is 0 Å². The Morgan fingerprint density at radius 1 is 1.21 bits per heavy atom. The van der Waals surface area contributed by atoms with Gasteiger partial charge in [-0.2, -0.15) is 0 Å². The van der Waals surface area contributed by atoms with Gasteiger partial charge in [0.25, 0.3) is 0 Å². The smallest absolute Gasteiger partial charge is 0.0469 e.